The maximum absolute atomic E-state index is 12.6. The van der Waals surface area contributed by atoms with E-state index in [0.29, 0.717) is 11.3 Å². The van der Waals surface area contributed by atoms with Gasteiger partial charge in [0.25, 0.3) is 23.4 Å². The molecule has 0 aliphatic carbocycles. The van der Waals surface area contributed by atoms with E-state index in [1.807, 2.05) is 0 Å². The van der Waals surface area contributed by atoms with Gasteiger partial charge in [0.2, 0.25) is 0 Å². The van der Waals surface area contributed by atoms with Crippen molar-refractivity contribution in [3.8, 4) is 5.75 Å². The van der Waals surface area contributed by atoms with E-state index in [-0.39, 0.29) is 22.5 Å². The number of carbonyl (C=O) groups excluding carboxylic acids is 3. The van der Waals surface area contributed by atoms with Crippen LogP contribution in [0.5, 0.6) is 5.75 Å². The summed E-state index contributed by atoms with van der Waals surface area (Å²) >= 11 is 0. The molecule has 10 heteroatoms. The van der Waals surface area contributed by atoms with Crippen LogP contribution in [-0.4, -0.2) is 29.8 Å². The Labute approximate surface area is 182 Å². The molecular weight excluding hydrogens is 416 g/mol. The zero-order chi connectivity index (χ0) is 23.1. The molecule has 0 radical (unpaired) electrons. The molecule has 162 valence electrons. The van der Waals surface area contributed by atoms with Gasteiger partial charge in [0.15, 0.2) is 0 Å². The number of nitrogens with one attached hydrogen (secondary N) is 3. The Hall–Kier alpha value is -4.73. The first-order valence-corrected chi connectivity index (χ1v) is 9.28. The number of ether oxygens (including phenoxy) is 1. The number of nitro groups is 1. The average molecular weight is 434 g/mol. The predicted molar refractivity (Wildman–Crippen MR) is 115 cm³/mol. The van der Waals surface area contributed by atoms with E-state index in [9.17, 15) is 24.5 Å². The predicted octanol–water partition coefficient (Wildman–Crippen LogP) is 2.93. The number of hydrogen-bond acceptors (Lipinski definition) is 6. The molecule has 0 saturated carbocycles. The second-order valence-corrected chi connectivity index (χ2v) is 6.44. The van der Waals surface area contributed by atoms with Crippen LogP contribution >= 0.6 is 0 Å². The molecule has 0 aliphatic rings. The lowest BCUT2D eigenvalue weighted by Gasteiger charge is -2.12. The van der Waals surface area contributed by atoms with Gasteiger partial charge in [-0.05, 0) is 48.5 Å². The Balaban J connectivity index is 1.66. The van der Waals surface area contributed by atoms with Gasteiger partial charge in [0, 0.05) is 23.3 Å². The van der Waals surface area contributed by atoms with Crippen LogP contribution in [0.3, 0.4) is 0 Å². The number of benzene rings is 3. The third-order valence-corrected chi connectivity index (χ3v) is 4.40. The fourth-order valence-electron chi connectivity index (χ4n) is 2.71. The minimum Gasteiger partial charge on any atom is -0.497 e. The molecule has 32 heavy (non-hydrogen) atoms. The van der Waals surface area contributed by atoms with Crippen molar-refractivity contribution in [3.63, 3.8) is 0 Å². The summed E-state index contributed by atoms with van der Waals surface area (Å²) in [5.41, 5.74) is 5.20. The highest BCUT2D eigenvalue weighted by Crippen LogP contribution is 2.18. The van der Waals surface area contributed by atoms with Gasteiger partial charge in [0.1, 0.15) is 5.75 Å². The van der Waals surface area contributed by atoms with Crippen LogP contribution in [0.2, 0.25) is 0 Å². The van der Waals surface area contributed by atoms with Gasteiger partial charge < -0.3 is 10.1 Å². The van der Waals surface area contributed by atoms with Crippen molar-refractivity contribution in [1.82, 2.24) is 10.9 Å². The number of hydrogen-bond donors (Lipinski definition) is 3. The first-order chi connectivity index (χ1) is 15.4. The van der Waals surface area contributed by atoms with Crippen LogP contribution in [0.4, 0.5) is 11.4 Å². The van der Waals surface area contributed by atoms with Crippen molar-refractivity contribution < 1.29 is 24.0 Å². The summed E-state index contributed by atoms with van der Waals surface area (Å²) in [6.45, 7) is 0. The highest BCUT2D eigenvalue weighted by molar-refractivity contribution is 6.09. The molecule has 0 atom stereocenters. The van der Waals surface area contributed by atoms with E-state index in [2.05, 4.69) is 16.2 Å². The van der Waals surface area contributed by atoms with Gasteiger partial charge >= 0.3 is 0 Å². The standard InChI is InChI=1S/C22H18N4O6/c1-32-17-12-8-14(9-13-17)20(27)23-19-5-3-2-4-18(19)22(29)25-24-21(28)15-6-10-16(11-7-15)26(30)31/h2-13H,1H3,(H,23,27)(H,24,28)(H,25,29). The summed E-state index contributed by atoms with van der Waals surface area (Å²) < 4.78 is 5.06. The van der Waals surface area contributed by atoms with E-state index in [1.165, 1.54) is 37.4 Å². The van der Waals surface area contributed by atoms with Gasteiger partial charge in [-0.1, -0.05) is 12.1 Å². The fraction of sp³-hybridized carbons (Fsp3) is 0.0455. The second-order valence-electron chi connectivity index (χ2n) is 6.44. The number of carbonyl (C=O) groups is 3. The number of amides is 3. The fourth-order valence-corrected chi connectivity index (χ4v) is 2.71. The smallest absolute Gasteiger partial charge is 0.271 e. The number of non-ortho nitro benzene ring substituents is 1. The lowest BCUT2D eigenvalue weighted by Crippen LogP contribution is -2.41. The minimum atomic E-state index is -0.661. The largest absolute Gasteiger partial charge is 0.497 e. The molecule has 0 heterocycles. The summed E-state index contributed by atoms with van der Waals surface area (Å²) in [6, 6.07) is 17.6. The van der Waals surface area contributed by atoms with E-state index in [1.54, 1.807) is 42.5 Å². The lowest BCUT2D eigenvalue weighted by molar-refractivity contribution is -0.384. The van der Waals surface area contributed by atoms with Gasteiger partial charge in [-0.2, -0.15) is 0 Å². The van der Waals surface area contributed by atoms with Crippen molar-refractivity contribution >= 4 is 29.1 Å². The Morgan fingerprint density at radius 2 is 1.34 bits per heavy atom. The zero-order valence-electron chi connectivity index (χ0n) is 16.8. The van der Waals surface area contributed by atoms with Crippen LogP contribution < -0.4 is 20.9 Å². The number of para-hydroxylation sites is 1. The van der Waals surface area contributed by atoms with Crippen molar-refractivity contribution in [1.29, 1.82) is 0 Å². The summed E-state index contributed by atoms with van der Waals surface area (Å²) in [4.78, 5) is 47.4. The van der Waals surface area contributed by atoms with Crippen molar-refractivity contribution in [2.75, 3.05) is 12.4 Å². The Morgan fingerprint density at radius 3 is 1.97 bits per heavy atom. The van der Waals surface area contributed by atoms with Crippen LogP contribution in [0.25, 0.3) is 0 Å². The molecule has 0 saturated heterocycles. The maximum Gasteiger partial charge on any atom is 0.271 e. The molecule has 0 bridgehead atoms. The van der Waals surface area contributed by atoms with Gasteiger partial charge in [-0.3, -0.25) is 35.3 Å². The molecule has 0 unspecified atom stereocenters. The van der Waals surface area contributed by atoms with E-state index >= 15 is 0 Å². The highest BCUT2D eigenvalue weighted by Gasteiger charge is 2.16. The highest BCUT2D eigenvalue weighted by atomic mass is 16.6. The number of nitro benzene ring substituents is 1. The molecule has 3 aromatic rings. The first kappa shape index (κ1) is 22.0. The quantitative estimate of drug-likeness (QED) is 0.403. The summed E-state index contributed by atoms with van der Waals surface area (Å²) in [6.07, 6.45) is 0. The van der Waals surface area contributed by atoms with Gasteiger partial charge in [0.05, 0.1) is 23.3 Å². The molecule has 3 amide bonds. The van der Waals surface area contributed by atoms with Crippen molar-refractivity contribution in [2.24, 2.45) is 0 Å². The second kappa shape index (κ2) is 9.85. The lowest BCUT2D eigenvalue weighted by atomic mass is 10.1. The molecule has 0 fully saturated rings. The summed E-state index contributed by atoms with van der Waals surface area (Å²) in [7, 11) is 1.52. The molecule has 3 N–H and O–H groups in total. The molecule has 3 aromatic carbocycles. The van der Waals surface area contributed by atoms with Crippen LogP contribution in [0.15, 0.2) is 72.8 Å². The Morgan fingerprint density at radius 1 is 0.781 bits per heavy atom. The van der Waals surface area contributed by atoms with Crippen molar-refractivity contribution in [3.05, 3.63) is 99.6 Å². The third-order valence-electron chi connectivity index (χ3n) is 4.40. The molecular formula is C22H18N4O6. The molecule has 10 nitrogen and oxygen atoms in total. The molecule has 3 rings (SSSR count). The zero-order valence-corrected chi connectivity index (χ0v) is 16.8. The monoisotopic (exact) mass is 434 g/mol. The Kier molecular flexibility index (Phi) is 6.76. The average Bonchev–Trinajstić information content (AvgIpc) is 2.82. The number of hydrazine groups is 1. The molecule has 0 aromatic heterocycles. The number of rotatable bonds is 6. The first-order valence-electron chi connectivity index (χ1n) is 9.28. The number of methoxy groups -OCH3 is 1. The SMILES string of the molecule is COc1ccc(C(=O)Nc2ccccc2C(=O)NNC(=O)c2ccc([N+](=O)[O-])cc2)cc1. The topological polar surface area (TPSA) is 140 Å². The van der Waals surface area contributed by atoms with Crippen LogP contribution in [-0.2, 0) is 0 Å². The summed E-state index contributed by atoms with van der Waals surface area (Å²) in [5, 5.41) is 13.4. The van der Waals surface area contributed by atoms with Crippen LogP contribution in [0, 0.1) is 10.1 Å². The maximum atomic E-state index is 12.6. The van der Waals surface area contributed by atoms with E-state index < -0.39 is 22.6 Å². The molecule has 0 spiro atoms. The summed E-state index contributed by atoms with van der Waals surface area (Å²) in [5.74, 6) is -1.15. The van der Waals surface area contributed by atoms with E-state index in [0.717, 1.165) is 0 Å². The minimum absolute atomic E-state index is 0.122. The number of anilines is 1. The van der Waals surface area contributed by atoms with E-state index in [4.69, 9.17) is 4.74 Å². The van der Waals surface area contributed by atoms with Gasteiger partial charge in [-0.25, -0.2) is 0 Å². The molecule has 0 aliphatic heterocycles. The van der Waals surface area contributed by atoms with Gasteiger partial charge in [-0.15, -0.1) is 0 Å². The van der Waals surface area contributed by atoms with Crippen molar-refractivity contribution in [2.45, 2.75) is 0 Å². The Bertz CT molecular complexity index is 1160. The third kappa shape index (κ3) is 5.25. The number of nitrogens with zero attached hydrogens (tertiary/aromatic N) is 1. The van der Waals surface area contributed by atoms with Crippen LogP contribution in [0.1, 0.15) is 31.1 Å². The normalized spacial score (nSPS) is 10.0.